The predicted molar refractivity (Wildman–Crippen MR) is 78.4 cm³/mol. The van der Waals surface area contributed by atoms with Crippen molar-refractivity contribution < 1.29 is 4.79 Å². The first kappa shape index (κ1) is 12.9. The van der Waals surface area contributed by atoms with Gasteiger partial charge in [0, 0.05) is 0 Å². The highest BCUT2D eigenvalue weighted by atomic mass is 16.1. The van der Waals surface area contributed by atoms with E-state index in [0.717, 1.165) is 12.7 Å². The molecule has 0 bridgehead atoms. The van der Waals surface area contributed by atoms with Gasteiger partial charge in [-0.25, -0.2) is 0 Å². The lowest BCUT2D eigenvalue weighted by molar-refractivity contribution is -0.109. The highest BCUT2D eigenvalue weighted by Crippen LogP contribution is 2.50. The summed E-state index contributed by atoms with van der Waals surface area (Å²) in [7, 11) is 0. The Morgan fingerprint density at radius 3 is 2.11 bits per heavy atom. The third kappa shape index (κ3) is 1.86. The predicted octanol–water partition coefficient (Wildman–Crippen LogP) is 4.08. The van der Waals surface area contributed by atoms with Gasteiger partial charge in [-0.15, -0.1) is 0 Å². The second kappa shape index (κ2) is 3.71. The standard InChI is InChI=1S/C18H23O/c1-16(2)7-8-17(3,4)15-11-13(5-6-14(15)16)18(12-19)9-10-18/h5-6,9,11-12H,7-8,10H2,1-4H3. The van der Waals surface area contributed by atoms with E-state index in [1.54, 1.807) is 0 Å². The van der Waals surface area contributed by atoms with Crippen molar-refractivity contribution in [3.63, 3.8) is 0 Å². The molecule has 0 N–H and O–H groups in total. The van der Waals surface area contributed by atoms with Crippen molar-refractivity contribution in [2.24, 2.45) is 0 Å². The summed E-state index contributed by atoms with van der Waals surface area (Å²) in [6.07, 6.45) is 6.57. The maximum absolute atomic E-state index is 11.3. The lowest BCUT2D eigenvalue weighted by atomic mass is 9.62. The molecule has 0 aliphatic heterocycles. The van der Waals surface area contributed by atoms with Crippen LogP contribution in [-0.4, -0.2) is 6.29 Å². The topological polar surface area (TPSA) is 17.1 Å². The third-order valence-corrected chi connectivity index (χ3v) is 5.24. The SMILES string of the molecule is CC1(C)CCC(C)(C)c2cc(C3(C=O)[CH]C3)ccc21. The molecule has 3 rings (SSSR count). The summed E-state index contributed by atoms with van der Waals surface area (Å²) < 4.78 is 0. The van der Waals surface area contributed by atoms with E-state index in [9.17, 15) is 4.79 Å². The molecule has 1 aromatic rings. The number of fused-ring (bicyclic) bond motifs is 1. The van der Waals surface area contributed by atoms with Crippen LogP contribution in [-0.2, 0) is 21.0 Å². The van der Waals surface area contributed by atoms with Crippen molar-refractivity contribution in [2.75, 3.05) is 0 Å². The molecule has 1 heteroatoms. The van der Waals surface area contributed by atoms with Crippen molar-refractivity contribution in [2.45, 2.75) is 63.2 Å². The van der Waals surface area contributed by atoms with Crippen LogP contribution in [0, 0.1) is 6.42 Å². The van der Waals surface area contributed by atoms with Gasteiger partial charge in [-0.3, -0.25) is 0 Å². The van der Waals surface area contributed by atoms with Gasteiger partial charge in [0.25, 0.3) is 0 Å². The van der Waals surface area contributed by atoms with Crippen molar-refractivity contribution in [3.8, 4) is 0 Å². The summed E-state index contributed by atoms with van der Waals surface area (Å²) in [6, 6.07) is 6.73. The number of rotatable bonds is 2. The maximum Gasteiger partial charge on any atom is 0.130 e. The molecule has 1 fully saturated rings. The molecule has 1 atom stereocenters. The summed E-state index contributed by atoms with van der Waals surface area (Å²) in [5.74, 6) is 0. The number of hydrogen-bond donors (Lipinski definition) is 0. The van der Waals surface area contributed by atoms with E-state index in [0.29, 0.717) is 0 Å². The number of hydrogen-bond acceptors (Lipinski definition) is 1. The largest absolute Gasteiger partial charge is 0.302 e. The average molecular weight is 255 g/mol. The van der Waals surface area contributed by atoms with E-state index < -0.39 is 0 Å². The first-order valence-corrected chi connectivity index (χ1v) is 7.27. The molecule has 19 heavy (non-hydrogen) atoms. The van der Waals surface area contributed by atoms with E-state index >= 15 is 0 Å². The van der Waals surface area contributed by atoms with E-state index in [1.165, 1.54) is 29.5 Å². The highest BCUT2D eigenvalue weighted by molar-refractivity contribution is 5.77. The van der Waals surface area contributed by atoms with Gasteiger partial charge in [0.1, 0.15) is 6.29 Å². The van der Waals surface area contributed by atoms with Crippen LogP contribution < -0.4 is 0 Å². The number of aldehydes is 1. The molecule has 1 saturated carbocycles. The normalized spacial score (nSPS) is 25.5. The van der Waals surface area contributed by atoms with Gasteiger partial charge in [0.15, 0.2) is 0 Å². The van der Waals surface area contributed by atoms with Gasteiger partial charge in [0.2, 0.25) is 0 Å². The Morgan fingerprint density at radius 1 is 1.00 bits per heavy atom. The summed E-state index contributed by atoms with van der Waals surface area (Å²) in [5.41, 5.74) is 4.31. The second-order valence-electron chi connectivity index (χ2n) is 7.59. The molecule has 1 aromatic carbocycles. The molecule has 2 aliphatic rings. The Morgan fingerprint density at radius 2 is 1.58 bits per heavy atom. The van der Waals surface area contributed by atoms with Crippen LogP contribution in [0.25, 0.3) is 0 Å². The zero-order chi connectivity index (χ0) is 13.9. The number of carbonyl (C=O) groups is 1. The van der Waals surface area contributed by atoms with Crippen LogP contribution in [0.3, 0.4) is 0 Å². The molecule has 1 radical (unpaired) electrons. The van der Waals surface area contributed by atoms with Gasteiger partial charge >= 0.3 is 0 Å². The zero-order valence-corrected chi connectivity index (χ0v) is 12.4. The zero-order valence-electron chi connectivity index (χ0n) is 12.4. The number of benzene rings is 1. The summed E-state index contributed by atoms with van der Waals surface area (Å²) >= 11 is 0. The molecule has 1 nitrogen and oxygen atoms in total. The highest BCUT2D eigenvalue weighted by Gasteiger charge is 2.46. The van der Waals surface area contributed by atoms with E-state index in [1.807, 2.05) is 0 Å². The fourth-order valence-electron chi connectivity index (χ4n) is 3.39. The average Bonchev–Trinajstić information content (AvgIpc) is 3.16. The van der Waals surface area contributed by atoms with Gasteiger partial charge in [0.05, 0.1) is 5.41 Å². The van der Waals surface area contributed by atoms with Crippen LogP contribution in [0.5, 0.6) is 0 Å². The van der Waals surface area contributed by atoms with E-state index in [2.05, 4.69) is 52.3 Å². The third-order valence-electron chi connectivity index (χ3n) is 5.24. The minimum atomic E-state index is -0.271. The first-order valence-electron chi connectivity index (χ1n) is 7.27. The van der Waals surface area contributed by atoms with Crippen LogP contribution in [0.1, 0.15) is 63.6 Å². The van der Waals surface area contributed by atoms with Crippen LogP contribution in [0.4, 0.5) is 0 Å². The monoisotopic (exact) mass is 255 g/mol. The minimum Gasteiger partial charge on any atom is -0.302 e. The Hall–Kier alpha value is -1.11. The molecule has 0 aromatic heterocycles. The Balaban J connectivity index is 2.15. The van der Waals surface area contributed by atoms with Crippen molar-refractivity contribution in [1.82, 2.24) is 0 Å². The molecular formula is C18H23O. The molecule has 0 saturated heterocycles. The van der Waals surface area contributed by atoms with Gasteiger partial charge in [-0.05, 0) is 53.2 Å². The maximum atomic E-state index is 11.3. The molecule has 0 spiro atoms. The summed E-state index contributed by atoms with van der Waals surface area (Å²) in [6.45, 7) is 9.32. The first-order chi connectivity index (χ1) is 8.81. The fraction of sp³-hybridized carbons (Fsp3) is 0.556. The van der Waals surface area contributed by atoms with Crippen molar-refractivity contribution in [3.05, 3.63) is 41.3 Å². The Labute approximate surface area is 116 Å². The van der Waals surface area contributed by atoms with Crippen LogP contribution in [0.15, 0.2) is 18.2 Å². The molecular weight excluding hydrogens is 232 g/mol. The van der Waals surface area contributed by atoms with Crippen LogP contribution >= 0.6 is 0 Å². The van der Waals surface area contributed by atoms with Gasteiger partial charge < -0.3 is 4.79 Å². The molecule has 1 unspecified atom stereocenters. The molecule has 0 amide bonds. The molecule has 2 aliphatic carbocycles. The van der Waals surface area contributed by atoms with E-state index in [-0.39, 0.29) is 16.2 Å². The summed E-state index contributed by atoms with van der Waals surface area (Å²) in [5, 5.41) is 0. The minimum absolute atomic E-state index is 0.222. The number of carbonyl (C=O) groups excluding carboxylic acids is 1. The summed E-state index contributed by atoms with van der Waals surface area (Å²) in [4.78, 5) is 11.3. The Kier molecular flexibility index (Phi) is 2.52. The van der Waals surface area contributed by atoms with Crippen LogP contribution in [0.2, 0.25) is 0 Å². The van der Waals surface area contributed by atoms with Gasteiger partial charge in [-0.1, -0.05) is 45.9 Å². The van der Waals surface area contributed by atoms with Crippen molar-refractivity contribution >= 4 is 6.29 Å². The lowest BCUT2D eigenvalue weighted by Crippen LogP contribution is -2.34. The van der Waals surface area contributed by atoms with Crippen molar-refractivity contribution in [1.29, 1.82) is 0 Å². The quantitative estimate of drug-likeness (QED) is 0.728. The Bertz CT molecular complexity index is 533. The molecule has 101 valence electrons. The van der Waals surface area contributed by atoms with E-state index in [4.69, 9.17) is 0 Å². The lowest BCUT2D eigenvalue weighted by Gasteiger charge is -2.42. The smallest absolute Gasteiger partial charge is 0.130 e. The molecule has 0 heterocycles. The van der Waals surface area contributed by atoms with Gasteiger partial charge in [-0.2, -0.15) is 0 Å². The second-order valence-corrected chi connectivity index (χ2v) is 7.59. The fourth-order valence-corrected chi connectivity index (χ4v) is 3.39.